The van der Waals surface area contributed by atoms with Crippen LogP contribution in [0.3, 0.4) is 0 Å². The van der Waals surface area contributed by atoms with E-state index in [2.05, 4.69) is 15.1 Å². The second-order valence-corrected chi connectivity index (χ2v) is 8.48. The lowest BCUT2D eigenvalue weighted by molar-refractivity contribution is 0.0722. The third kappa shape index (κ3) is 3.66. The second-order valence-electron chi connectivity index (χ2n) is 7.24. The molecule has 3 aromatic heterocycles. The van der Waals surface area contributed by atoms with E-state index in [1.165, 1.54) is 0 Å². The molecule has 1 aliphatic heterocycles. The molecular formula is C22H20N4O3S. The lowest BCUT2D eigenvalue weighted by Gasteiger charge is -2.23. The van der Waals surface area contributed by atoms with Crippen molar-refractivity contribution in [1.29, 1.82) is 0 Å². The zero-order chi connectivity index (χ0) is 20.5. The highest BCUT2D eigenvalue weighted by atomic mass is 32.1. The number of carbonyl (C=O) groups is 1. The number of carbonyl (C=O) groups excluding carboxylic acids is 1. The first-order valence-corrected chi connectivity index (χ1v) is 10.7. The van der Waals surface area contributed by atoms with Gasteiger partial charge >= 0.3 is 0 Å². The minimum absolute atomic E-state index is 0.0246. The van der Waals surface area contributed by atoms with Crippen LogP contribution < -0.4 is 4.74 Å². The Labute approximate surface area is 177 Å². The summed E-state index contributed by atoms with van der Waals surface area (Å²) in [6.07, 6.45) is 3.60. The summed E-state index contributed by atoms with van der Waals surface area (Å²) in [4.78, 5) is 23.7. The summed E-state index contributed by atoms with van der Waals surface area (Å²) in [7, 11) is 0. The Kier molecular flexibility index (Phi) is 4.92. The average molecular weight is 420 g/mol. The molecule has 5 rings (SSSR count). The van der Waals surface area contributed by atoms with E-state index in [1.54, 1.807) is 23.6 Å². The number of hydrogen-bond donors (Lipinski definition) is 0. The van der Waals surface area contributed by atoms with Crippen LogP contribution in [0, 0.1) is 6.92 Å². The first-order chi connectivity index (χ1) is 14.7. The predicted molar refractivity (Wildman–Crippen MR) is 112 cm³/mol. The topological polar surface area (TPSA) is 81.4 Å². The molecule has 0 aliphatic carbocycles. The summed E-state index contributed by atoms with van der Waals surface area (Å²) in [5, 5.41) is 5.00. The van der Waals surface area contributed by atoms with Gasteiger partial charge in [0, 0.05) is 24.9 Å². The van der Waals surface area contributed by atoms with Gasteiger partial charge in [-0.3, -0.25) is 9.78 Å². The number of fused-ring (bicyclic) bond motifs is 1. The highest BCUT2D eigenvalue weighted by Gasteiger charge is 2.32. The number of thiazole rings is 1. The molecule has 4 heterocycles. The van der Waals surface area contributed by atoms with Crippen LogP contribution in [0.1, 0.15) is 45.8 Å². The van der Waals surface area contributed by atoms with Crippen LogP contribution in [0.2, 0.25) is 0 Å². The number of amides is 1. The number of nitrogens with zero attached hydrogens (tertiary/aromatic N) is 4. The standard InChI is InChI=1S/C22H20N4O3S/c1-14-24-18-11-15(7-8-21(18)30-14)28-13-16-12-19(25-29-16)22(27)26-10-4-6-20(26)17-5-2-3-9-23-17/h2-3,5,7-9,11-12,20H,4,6,10,13H2,1H3/t20-/m1/s1. The van der Waals surface area contributed by atoms with Gasteiger partial charge in [-0.15, -0.1) is 11.3 Å². The third-order valence-corrected chi connectivity index (χ3v) is 6.12. The van der Waals surface area contributed by atoms with Gasteiger partial charge < -0.3 is 14.2 Å². The molecule has 0 radical (unpaired) electrons. The number of aryl methyl sites for hydroxylation is 1. The molecule has 8 heteroatoms. The SMILES string of the molecule is Cc1nc2cc(OCc3cc(C(=O)N4CCC[C@@H]4c4ccccn4)no3)ccc2s1. The Morgan fingerprint density at radius 2 is 2.23 bits per heavy atom. The molecule has 0 N–H and O–H groups in total. The van der Waals surface area contributed by atoms with Gasteiger partial charge in [0.15, 0.2) is 11.5 Å². The van der Waals surface area contributed by atoms with Crippen molar-refractivity contribution in [3.05, 3.63) is 70.8 Å². The number of hydrogen-bond acceptors (Lipinski definition) is 7. The van der Waals surface area contributed by atoms with E-state index < -0.39 is 0 Å². The molecule has 152 valence electrons. The molecule has 1 amide bonds. The molecule has 1 aliphatic rings. The predicted octanol–water partition coefficient (Wildman–Crippen LogP) is 4.54. The molecule has 30 heavy (non-hydrogen) atoms. The molecule has 7 nitrogen and oxygen atoms in total. The monoisotopic (exact) mass is 420 g/mol. The third-order valence-electron chi connectivity index (χ3n) is 5.17. The van der Waals surface area contributed by atoms with Crippen molar-refractivity contribution in [3.63, 3.8) is 0 Å². The van der Waals surface area contributed by atoms with Gasteiger partial charge in [0.1, 0.15) is 12.4 Å². The smallest absolute Gasteiger partial charge is 0.276 e. The van der Waals surface area contributed by atoms with Crippen LogP contribution in [0.25, 0.3) is 10.2 Å². The van der Waals surface area contributed by atoms with Gasteiger partial charge in [0.05, 0.1) is 27.0 Å². The highest BCUT2D eigenvalue weighted by molar-refractivity contribution is 7.18. The summed E-state index contributed by atoms with van der Waals surface area (Å²) in [6.45, 7) is 2.86. The van der Waals surface area contributed by atoms with E-state index >= 15 is 0 Å². The fourth-order valence-corrected chi connectivity index (χ4v) is 4.59. The van der Waals surface area contributed by atoms with E-state index in [-0.39, 0.29) is 18.6 Å². The molecular weight excluding hydrogens is 400 g/mol. The molecule has 1 aromatic carbocycles. The maximum absolute atomic E-state index is 13.0. The van der Waals surface area contributed by atoms with E-state index in [0.29, 0.717) is 23.7 Å². The summed E-state index contributed by atoms with van der Waals surface area (Å²) >= 11 is 1.65. The average Bonchev–Trinajstić information content (AvgIpc) is 3.50. The molecule has 4 aromatic rings. The highest BCUT2D eigenvalue weighted by Crippen LogP contribution is 2.32. The van der Waals surface area contributed by atoms with Crippen molar-refractivity contribution >= 4 is 27.5 Å². The quantitative estimate of drug-likeness (QED) is 0.471. The van der Waals surface area contributed by atoms with E-state index in [0.717, 1.165) is 33.8 Å². The second kappa shape index (κ2) is 7.87. The van der Waals surface area contributed by atoms with E-state index in [9.17, 15) is 4.79 Å². The number of pyridine rings is 1. The molecule has 1 saturated heterocycles. The molecule has 0 spiro atoms. The Balaban J connectivity index is 1.27. The minimum Gasteiger partial charge on any atom is -0.485 e. The Bertz CT molecular complexity index is 1190. The van der Waals surface area contributed by atoms with Crippen LogP contribution in [-0.2, 0) is 6.61 Å². The van der Waals surface area contributed by atoms with E-state index in [4.69, 9.17) is 9.26 Å². The number of aromatic nitrogens is 3. The summed E-state index contributed by atoms with van der Waals surface area (Å²) in [5.41, 5.74) is 2.11. The summed E-state index contributed by atoms with van der Waals surface area (Å²) < 4.78 is 12.3. The van der Waals surface area contributed by atoms with Gasteiger partial charge in [-0.1, -0.05) is 11.2 Å². The van der Waals surface area contributed by atoms with Crippen LogP contribution in [0.4, 0.5) is 0 Å². The van der Waals surface area contributed by atoms with Crippen molar-refractivity contribution in [2.75, 3.05) is 6.54 Å². The normalized spacial score (nSPS) is 16.3. The fourth-order valence-electron chi connectivity index (χ4n) is 3.79. The van der Waals surface area contributed by atoms with Crippen LogP contribution >= 0.6 is 11.3 Å². The largest absolute Gasteiger partial charge is 0.485 e. The molecule has 0 saturated carbocycles. The van der Waals surface area contributed by atoms with Gasteiger partial charge in [-0.05, 0) is 44.0 Å². The van der Waals surface area contributed by atoms with Crippen LogP contribution in [0.5, 0.6) is 5.75 Å². The lowest BCUT2D eigenvalue weighted by Crippen LogP contribution is -2.31. The zero-order valence-corrected chi connectivity index (χ0v) is 17.3. The van der Waals surface area contributed by atoms with Crippen molar-refractivity contribution in [1.82, 2.24) is 20.0 Å². The van der Waals surface area contributed by atoms with Crippen molar-refractivity contribution in [3.8, 4) is 5.75 Å². The summed E-state index contributed by atoms with van der Waals surface area (Å²) in [5.74, 6) is 1.06. The van der Waals surface area contributed by atoms with Gasteiger partial charge in [-0.25, -0.2) is 4.98 Å². The fraction of sp³-hybridized carbons (Fsp3) is 0.273. The Hall–Kier alpha value is -3.26. The Morgan fingerprint density at radius 3 is 3.10 bits per heavy atom. The van der Waals surface area contributed by atoms with Crippen molar-refractivity contribution < 1.29 is 14.1 Å². The maximum Gasteiger partial charge on any atom is 0.276 e. The molecule has 0 unspecified atom stereocenters. The lowest BCUT2D eigenvalue weighted by atomic mass is 10.1. The molecule has 0 bridgehead atoms. The van der Waals surface area contributed by atoms with E-state index in [1.807, 2.05) is 48.2 Å². The van der Waals surface area contributed by atoms with Crippen LogP contribution in [-0.4, -0.2) is 32.5 Å². The van der Waals surface area contributed by atoms with Gasteiger partial charge in [0.2, 0.25) is 0 Å². The Morgan fingerprint density at radius 1 is 1.30 bits per heavy atom. The zero-order valence-electron chi connectivity index (χ0n) is 16.4. The van der Waals surface area contributed by atoms with Gasteiger partial charge in [0.25, 0.3) is 5.91 Å². The molecule has 1 fully saturated rings. The number of likely N-dealkylation sites (tertiary alicyclic amines) is 1. The number of ether oxygens (including phenoxy) is 1. The number of rotatable bonds is 5. The first-order valence-electron chi connectivity index (χ1n) is 9.85. The summed E-state index contributed by atoms with van der Waals surface area (Å²) in [6, 6.07) is 13.2. The van der Waals surface area contributed by atoms with Gasteiger partial charge in [-0.2, -0.15) is 0 Å². The van der Waals surface area contributed by atoms with Crippen molar-refractivity contribution in [2.45, 2.75) is 32.4 Å². The van der Waals surface area contributed by atoms with Crippen LogP contribution in [0.15, 0.2) is 53.2 Å². The first kappa shape index (κ1) is 18.7. The number of benzene rings is 1. The maximum atomic E-state index is 13.0. The minimum atomic E-state index is -0.141. The van der Waals surface area contributed by atoms with Crippen molar-refractivity contribution in [2.24, 2.45) is 0 Å². The molecule has 1 atom stereocenters.